The van der Waals surface area contributed by atoms with Gasteiger partial charge in [-0.25, -0.2) is 0 Å². The number of carbonyl (C=O) groups excluding carboxylic acids is 1. The molecule has 0 atom stereocenters. The fraction of sp³-hybridized carbons (Fsp3) is 0.591. The zero-order chi connectivity index (χ0) is 19.4. The van der Waals surface area contributed by atoms with Crippen molar-refractivity contribution < 1.29 is 14.1 Å². The van der Waals surface area contributed by atoms with E-state index >= 15 is 0 Å². The maximum atomic E-state index is 12.7. The standard InChI is InChI=1S/C22H29N3O3/c1-27-16-19-23-21(24-28-19)22(15-18-7-8-18)11-13-25(14-12-22)20(26)10-9-17-5-3-2-4-6-17/h2-6,18H,7-16H2,1H3. The van der Waals surface area contributed by atoms with E-state index in [4.69, 9.17) is 9.26 Å². The van der Waals surface area contributed by atoms with Crippen molar-refractivity contribution in [1.29, 1.82) is 0 Å². The van der Waals surface area contributed by atoms with Crippen molar-refractivity contribution >= 4 is 5.91 Å². The molecule has 1 aliphatic carbocycles. The van der Waals surface area contributed by atoms with Crippen LogP contribution in [0.4, 0.5) is 0 Å². The maximum Gasteiger partial charge on any atom is 0.252 e. The topological polar surface area (TPSA) is 68.5 Å². The number of rotatable bonds is 8. The predicted molar refractivity (Wildman–Crippen MR) is 105 cm³/mol. The van der Waals surface area contributed by atoms with Crippen LogP contribution in [0.1, 0.15) is 55.8 Å². The number of aromatic nitrogens is 2. The van der Waals surface area contributed by atoms with Crippen LogP contribution in [0.15, 0.2) is 34.9 Å². The molecule has 1 saturated heterocycles. The minimum Gasteiger partial charge on any atom is -0.375 e. The highest BCUT2D eigenvalue weighted by Gasteiger charge is 2.44. The molecule has 6 heteroatoms. The van der Waals surface area contributed by atoms with Crippen LogP contribution in [0.3, 0.4) is 0 Å². The Morgan fingerprint density at radius 1 is 1.25 bits per heavy atom. The lowest BCUT2D eigenvalue weighted by molar-refractivity contribution is -0.132. The number of hydrogen-bond donors (Lipinski definition) is 0. The number of piperidine rings is 1. The van der Waals surface area contributed by atoms with E-state index in [2.05, 4.69) is 22.3 Å². The predicted octanol–water partition coefficient (Wildman–Crippen LogP) is 3.51. The fourth-order valence-electron chi connectivity index (χ4n) is 4.28. The average Bonchev–Trinajstić information content (AvgIpc) is 3.41. The van der Waals surface area contributed by atoms with E-state index in [1.165, 1.54) is 18.4 Å². The van der Waals surface area contributed by atoms with Crippen LogP contribution in [0.5, 0.6) is 0 Å². The highest BCUT2D eigenvalue weighted by atomic mass is 16.5. The van der Waals surface area contributed by atoms with Gasteiger partial charge in [-0.1, -0.05) is 48.3 Å². The lowest BCUT2D eigenvalue weighted by Crippen LogP contribution is -2.46. The maximum absolute atomic E-state index is 12.7. The smallest absolute Gasteiger partial charge is 0.252 e. The van der Waals surface area contributed by atoms with E-state index < -0.39 is 0 Å². The number of aryl methyl sites for hydroxylation is 1. The molecule has 6 nitrogen and oxygen atoms in total. The Bertz CT molecular complexity index is 777. The fourth-order valence-corrected chi connectivity index (χ4v) is 4.28. The van der Waals surface area contributed by atoms with E-state index in [-0.39, 0.29) is 11.3 Å². The van der Waals surface area contributed by atoms with Crippen molar-refractivity contribution in [2.24, 2.45) is 5.92 Å². The van der Waals surface area contributed by atoms with Gasteiger partial charge in [0.2, 0.25) is 5.91 Å². The first-order valence-electron chi connectivity index (χ1n) is 10.3. The summed E-state index contributed by atoms with van der Waals surface area (Å²) in [6.45, 7) is 1.89. The van der Waals surface area contributed by atoms with Gasteiger partial charge >= 0.3 is 0 Å². The van der Waals surface area contributed by atoms with E-state index in [0.717, 1.165) is 50.5 Å². The molecule has 0 unspecified atom stereocenters. The van der Waals surface area contributed by atoms with Crippen LogP contribution in [0.25, 0.3) is 0 Å². The molecule has 0 radical (unpaired) electrons. The Morgan fingerprint density at radius 2 is 2.00 bits per heavy atom. The molecular weight excluding hydrogens is 354 g/mol. The van der Waals surface area contributed by atoms with E-state index in [9.17, 15) is 4.79 Å². The van der Waals surface area contributed by atoms with E-state index in [1.807, 2.05) is 23.1 Å². The van der Waals surface area contributed by atoms with Crippen LogP contribution >= 0.6 is 0 Å². The van der Waals surface area contributed by atoms with Gasteiger partial charge in [0.1, 0.15) is 6.61 Å². The van der Waals surface area contributed by atoms with Gasteiger partial charge in [0.25, 0.3) is 5.89 Å². The molecule has 2 aromatic rings. The Hall–Kier alpha value is -2.21. The zero-order valence-corrected chi connectivity index (χ0v) is 16.6. The van der Waals surface area contributed by atoms with Crippen LogP contribution in [-0.2, 0) is 28.0 Å². The van der Waals surface area contributed by atoms with Crippen molar-refractivity contribution in [2.45, 2.75) is 57.0 Å². The third-order valence-corrected chi connectivity index (χ3v) is 6.13. The van der Waals surface area contributed by atoms with E-state index in [1.54, 1.807) is 7.11 Å². The summed E-state index contributed by atoms with van der Waals surface area (Å²) in [5.74, 6) is 2.36. The third-order valence-electron chi connectivity index (χ3n) is 6.13. The Labute approximate surface area is 166 Å². The van der Waals surface area contributed by atoms with Gasteiger partial charge in [-0.15, -0.1) is 0 Å². The molecule has 1 amide bonds. The second kappa shape index (κ2) is 8.43. The molecule has 2 heterocycles. The number of hydrogen-bond acceptors (Lipinski definition) is 5. The number of benzene rings is 1. The molecule has 1 saturated carbocycles. The van der Waals surface area contributed by atoms with Crippen molar-refractivity contribution in [1.82, 2.24) is 15.0 Å². The molecule has 0 bridgehead atoms. The number of methoxy groups -OCH3 is 1. The summed E-state index contributed by atoms with van der Waals surface area (Å²) in [4.78, 5) is 19.3. The molecule has 150 valence electrons. The molecule has 1 aliphatic heterocycles. The van der Waals surface area contributed by atoms with Gasteiger partial charge in [-0.2, -0.15) is 4.98 Å². The zero-order valence-electron chi connectivity index (χ0n) is 16.6. The number of nitrogens with zero attached hydrogens (tertiary/aromatic N) is 3. The molecular formula is C22H29N3O3. The molecule has 0 N–H and O–H groups in total. The number of amides is 1. The first kappa shape index (κ1) is 19.1. The summed E-state index contributed by atoms with van der Waals surface area (Å²) in [6.07, 6.45) is 6.88. The number of carbonyl (C=O) groups is 1. The molecule has 1 aromatic heterocycles. The van der Waals surface area contributed by atoms with Crippen LogP contribution in [0.2, 0.25) is 0 Å². The van der Waals surface area contributed by atoms with Gasteiger partial charge in [0.15, 0.2) is 5.82 Å². The SMILES string of the molecule is COCc1nc(C2(CC3CC3)CCN(C(=O)CCc3ccccc3)CC2)no1. The van der Waals surface area contributed by atoms with Crippen molar-refractivity contribution in [2.75, 3.05) is 20.2 Å². The third kappa shape index (κ3) is 4.43. The minimum atomic E-state index is -0.0626. The van der Waals surface area contributed by atoms with Gasteiger partial charge in [-0.05, 0) is 37.2 Å². The normalized spacial score (nSPS) is 19.0. The molecule has 1 aromatic carbocycles. The average molecular weight is 383 g/mol. The first-order chi connectivity index (χ1) is 13.7. The van der Waals surface area contributed by atoms with Crippen LogP contribution < -0.4 is 0 Å². The monoisotopic (exact) mass is 383 g/mol. The summed E-state index contributed by atoms with van der Waals surface area (Å²) in [5, 5.41) is 4.29. The summed E-state index contributed by atoms with van der Waals surface area (Å²) < 4.78 is 10.5. The Kier molecular flexibility index (Phi) is 5.76. The lowest BCUT2D eigenvalue weighted by atomic mass is 9.73. The number of ether oxygens (including phenoxy) is 1. The summed E-state index contributed by atoms with van der Waals surface area (Å²) in [7, 11) is 1.63. The van der Waals surface area contributed by atoms with Gasteiger partial charge < -0.3 is 14.2 Å². The minimum absolute atomic E-state index is 0.0626. The molecule has 2 fully saturated rings. The van der Waals surface area contributed by atoms with Crippen LogP contribution in [-0.4, -0.2) is 41.1 Å². The lowest BCUT2D eigenvalue weighted by Gasteiger charge is -2.40. The largest absolute Gasteiger partial charge is 0.375 e. The molecule has 0 spiro atoms. The highest BCUT2D eigenvalue weighted by Crippen LogP contribution is 2.46. The highest BCUT2D eigenvalue weighted by molar-refractivity contribution is 5.76. The first-order valence-corrected chi connectivity index (χ1v) is 10.3. The summed E-state index contributed by atoms with van der Waals surface area (Å²) in [5.41, 5.74) is 1.15. The van der Waals surface area contributed by atoms with Crippen LogP contribution in [0, 0.1) is 5.92 Å². The second-order valence-electron chi connectivity index (χ2n) is 8.24. The molecule has 4 rings (SSSR count). The number of likely N-dealkylation sites (tertiary alicyclic amines) is 1. The molecule has 28 heavy (non-hydrogen) atoms. The quantitative estimate of drug-likeness (QED) is 0.698. The van der Waals surface area contributed by atoms with Gasteiger partial charge in [-0.3, -0.25) is 4.79 Å². The van der Waals surface area contributed by atoms with Gasteiger partial charge in [0, 0.05) is 32.0 Å². The second-order valence-corrected chi connectivity index (χ2v) is 8.24. The van der Waals surface area contributed by atoms with Crippen molar-refractivity contribution in [3.63, 3.8) is 0 Å². The molecule has 2 aliphatic rings. The van der Waals surface area contributed by atoms with Crippen molar-refractivity contribution in [3.05, 3.63) is 47.6 Å². The summed E-state index contributed by atoms with van der Waals surface area (Å²) in [6, 6.07) is 10.2. The van der Waals surface area contributed by atoms with Crippen molar-refractivity contribution in [3.8, 4) is 0 Å². The summed E-state index contributed by atoms with van der Waals surface area (Å²) >= 11 is 0. The Balaban J connectivity index is 1.38. The van der Waals surface area contributed by atoms with Gasteiger partial charge in [0.05, 0.1) is 0 Å². The Morgan fingerprint density at radius 3 is 2.68 bits per heavy atom. The van der Waals surface area contributed by atoms with E-state index in [0.29, 0.717) is 18.9 Å².